The number of carbonyl (C=O) groups is 1. The number of nitrogens with zero attached hydrogens (tertiary/aromatic N) is 1. The monoisotopic (exact) mass is 284 g/mol. The van der Waals surface area contributed by atoms with E-state index in [0.717, 1.165) is 24.0 Å². The quantitative estimate of drug-likeness (QED) is 0.805. The lowest BCUT2D eigenvalue weighted by molar-refractivity contribution is 0.0946. The largest absolute Gasteiger partial charge is 0.350 e. The van der Waals surface area contributed by atoms with Gasteiger partial charge in [-0.05, 0) is 43.9 Å². The fourth-order valence-corrected chi connectivity index (χ4v) is 3.57. The van der Waals surface area contributed by atoms with Gasteiger partial charge in [-0.2, -0.15) is 0 Å². The number of piperidine rings is 1. The molecule has 0 radical (unpaired) electrons. The number of carbonyl (C=O) groups excluding carboxylic acids is 1. The maximum absolute atomic E-state index is 12.2. The lowest BCUT2D eigenvalue weighted by atomic mass is 10.0. The second-order valence-electron chi connectivity index (χ2n) is 6.30. The molecule has 1 saturated carbocycles. The minimum absolute atomic E-state index is 0.0240. The third kappa shape index (κ3) is 2.31. The Labute approximate surface area is 123 Å². The van der Waals surface area contributed by atoms with E-state index < -0.39 is 0 Å². The standard InChI is InChI=1S/C16H20N4O/c21-15(14-7-11-9-17-6-3-13(11)20-14)18-10-12-8-16(12)4-1-2-5-19-16/h3,6-7,9,12,19-20H,1-2,4-5,8,10H2,(H,18,21). The molecule has 2 fully saturated rings. The predicted molar refractivity (Wildman–Crippen MR) is 81.1 cm³/mol. The van der Waals surface area contributed by atoms with Crippen LogP contribution in [0.2, 0.25) is 0 Å². The molecule has 21 heavy (non-hydrogen) atoms. The van der Waals surface area contributed by atoms with E-state index in [0.29, 0.717) is 17.2 Å². The summed E-state index contributed by atoms with van der Waals surface area (Å²) in [6, 6.07) is 3.74. The Morgan fingerprint density at radius 1 is 1.48 bits per heavy atom. The van der Waals surface area contributed by atoms with E-state index in [4.69, 9.17) is 0 Å². The molecule has 1 amide bonds. The number of aromatic amines is 1. The van der Waals surface area contributed by atoms with Crippen LogP contribution in [0.25, 0.3) is 10.9 Å². The van der Waals surface area contributed by atoms with Crippen LogP contribution in [0.1, 0.15) is 36.2 Å². The second kappa shape index (κ2) is 4.84. The van der Waals surface area contributed by atoms with Crippen molar-refractivity contribution in [3.05, 3.63) is 30.2 Å². The van der Waals surface area contributed by atoms with Gasteiger partial charge in [0.25, 0.3) is 5.91 Å². The van der Waals surface area contributed by atoms with Crippen molar-refractivity contribution in [2.24, 2.45) is 5.92 Å². The third-order valence-corrected chi connectivity index (χ3v) is 4.93. The zero-order valence-corrected chi connectivity index (χ0v) is 12.0. The van der Waals surface area contributed by atoms with Crippen LogP contribution in [-0.2, 0) is 0 Å². The Kier molecular flexibility index (Phi) is 2.96. The van der Waals surface area contributed by atoms with Crippen LogP contribution in [0.4, 0.5) is 0 Å². The van der Waals surface area contributed by atoms with Crippen molar-refractivity contribution in [2.45, 2.75) is 31.2 Å². The summed E-state index contributed by atoms with van der Waals surface area (Å²) in [4.78, 5) is 19.4. The SMILES string of the molecule is O=C(NCC1CC12CCCCN2)c1cc2cnccc2[nH]1. The maximum Gasteiger partial charge on any atom is 0.267 e. The fourth-order valence-electron chi connectivity index (χ4n) is 3.57. The normalized spacial score (nSPS) is 27.9. The molecule has 2 aliphatic rings. The molecule has 1 saturated heterocycles. The average Bonchev–Trinajstić information content (AvgIpc) is 2.99. The van der Waals surface area contributed by atoms with E-state index in [1.807, 2.05) is 12.1 Å². The van der Waals surface area contributed by atoms with Crippen LogP contribution >= 0.6 is 0 Å². The Bertz CT molecular complexity index is 639. The van der Waals surface area contributed by atoms with E-state index >= 15 is 0 Å². The molecule has 2 aromatic rings. The van der Waals surface area contributed by atoms with Gasteiger partial charge in [0.15, 0.2) is 0 Å². The highest BCUT2D eigenvalue weighted by molar-refractivity contribution is 5.97. The Balaban J connectivity index is 1.38. The number of pyridine rings is 1. The smallest absolute Gasteiger partial charge is 0.267 e. The summed E-state index contributed by atoms with van der Waals surface area (Å²) in [6.07, 6.45) is 8.54. The highest BCUT2D eigenvalue weighted by Crippen LogP contribution is 2.48. The lowest BCUT2D eigenvalue weighted by Gasteiger charge is -2.24. The fraction of sp³-hybridized carbons (Fsp3) is 0.500. The van der Waals surface area contributed by atoms with Gasteiger partial charge in [-0.3, -0.25) is 9.78 Å². The van der Waals surface area contributed by atoms with Crippen LogP contribution < -0.4 is 10.6 Å². The summed E-state index contributed by atoms with van der Waals surface area (Å²) in [5.74, 6) is 0.567. The molecular weight excluding hydrogens is 264 g/mol. The van der Waals surface area contributed by atoms with Gasteiger partial charge in [0.1, 0.15) is 5.69 Å². The zero-order chi connectivity index (χ0) is 14.3. The molecule has 5 heteroatoms. The number of rotatable bonds is 3. The average molecular weight is 284 g/mol. The van der Waals surface area contributed by atoms with Crippen LogP contribution in [0.3, 0.4) is 0 Å². The molecule has 2 aromatic heterocycles. The van der Waals surface area contributed by atoms with Crippen molar-refractivity contribution < 1.29 is 4.79 Å². The Morgan fingerprint density at radius 3 is 3.24 bits per heavy atom. The van der Waals surface area contributed by atoms with E-state index in [1.54, 1.807) is 12.4 Å². The van der Waals surface area contributed by atoms with Gasteiger partial charge in [0.2, 0.25) is 0 Å². The number of amides is 1. The van der Waals surface area contributed by atoms with Gasteiger partial charge in [0.05, 0.1) is 0 Å². The van der Waals surface area contributed by atoms with Crippen LogP contribution in [0, 0.1) is 5.92 Å². The summed E-state index contributed by atoms with van der Waals surface area (Å²) in [5.41, 5.74) is 1.90. The van der Waals surface area contributed by atoms with Crippen LogP contribution in [-0.4, -0.2) is 34.5 Å². The first-order valence-electron chi connectivity index (χ1n) is 7.73. The maximum atomic E-state index is 12.2. The van der Waals surface area contributed by atoms with Gasteiger partial charge < -0.3 is 15.6 Å². The van der Waals surface area contributed by atoms with Gasteiger partial charge in [-0.1, -0.05) is 6.42 Å². The highest BCUT2D eigenvalue weighted by Gasteiger charge is 2.53. The molecule has 1 spiro atoms. The molecule has 1 aliphatic heterocycles. The molecule has 0 aromatic carbocycles. The number of H-pyrrole nitrogens is 1. The van der Waals surface area contributed by atoms with Crippen LogP contribution in [0.5, 0.6) is 0 Å². The molecule has 5 nitrogen and oxygen atoms in total. The van der Waals surface area contributed by atoms with Crippen molar-refractivity contribution in [2.75, 3.05) is 13.1 Å². The van der Waals surface area contributed by atoms with Crippen molar-refractivity contribution in [1.29, 1.82) is 0 Å². The molecule has 2 atom stereocenters. The summed E-state index contributed by atoms with van der Waals surface area (Å²) in [7, 11) is 0. The summed E-state index contributed by atoms with van der Waals surface area (Å²) < 4.78 is 0. The first-order chi connectivity index (χ1) is 10.3. The van der Waals surface area contributed by atoms with Crippen molar-refractivity contribution in [1.82, 2.24) is 20.6 Å². The Morgan fingerprint density at radius 2 is 2.43 bits per heavy atom. The van der Waals surface area contributed by atoms with Crippen LogP contribution in [0.15, 0.2) is 24.5 Å². The Hall–Kier alpha value is -1.88. The molecule has 2 unspecified atom stereocenters. The number of nitrogens with one attached hydrogen (secondary N) is 3. The van der Waals surface area contributed by atoms with Gasteiger partial charge >= 0.3 is 0 Å². The van der Waals surface area contributed by atoms with Crippen molar-refractivity contribution in [3.63, 3.8) is 0 Å². The highest BCUT2D eigenvalue weighted by atomic mass is 16.1. The zero-order valence-electron chi connectivity index (χ0n) is 12.0. The van der Waals surface area contributed by atoms with Gasteiger partial charge in [-0.15, -0.1) is 0 Å². The van der Waals surface area contributed by atoms with Crippen molar-refractivity contribution in [3.8, 4) is 0 Å². The molecule has 3 heterocycles. The minimum atomic E-state index is -0.0240. The molecule has 3 N–H and O–H groups in total. The second-order valence-corrected chi connectivity index (χ2v) is 6.30. The van der Waals surface area contributed by atoms with Crippen molar-refractivity contribution >= 4 is 16.8 Å². The number of aromatic nitrogens is 2. The number of hydrogen-bond acceptors (Lipinski definition) is 3. The number of fused-ring (bicyclic) bond motifs is 1. The lowest BCUT2D eigenvalue weighted by Crippen LogP contribution is -2.40. The third-order valence-electron chi connectivity index (χ3n) is 4.93. The van der Waals surface area contributed by atoms with Gasteiger partial charge in [-0.25, -0.2) is 0 Å². The summed E-state index contributed by atoms with van der Waals surface area (Å²) in [6.45, 7) is 1.89. The molecule has 110 valence electrons. The predicted octanol–water partition coefficient (Wildman–Crippen LogP) is 1.82. The first-order valence-corrected chi connectivity index (χ1v) is 7.73. The molecule has 4 rings (SSSR count). The van der Waals surface area contributed by atoms with E-state index in [9.17, 15) is 4.79 Å². The van der Waals surface area contributed by atoms with E-state index in [1.165, 1.54) is 25.7 Å². The van der Waals surface area contributed by atoms with E-state index in [2.05, 4.69) is 20.6 Å². The first kappa shape index (κ1) is 12.8. The topological polar surface area (TPSA) is 69.8 Å². The minimum Gasteiger partial charge on any atom is -0.350 e. The molecule has 0 bridgehead atoms. The number of hydrogen-bond donors (Lipinski definition) is 3. The van der Waals surface area contributed by atoms with E-state index in [-0.39, 0.29) is 5.91 Å². The molecule has 1 aliphatic carbocycles. The van der Waals surface area contributed by atoms with Gasteiger partial charge in [0, 0.05) is 35.4 Å². The summed E-state index contributed by atoms with van der Waals surface area (Å²) in [5, 5.41) is 7.67. The molecular formula is C16H20N4O. The summed E-state index contributed by atoms with van der Waals surface area (Å²) >= 11 is 0.